The molecule has 0 radical (unpaired) electrons. The van der Waals surface area contributed by atoms with Gasteiger partial charge >= 0.3 is 0 Å². The number of ether oxygens (including phenoxy) is 1. The number of fused-ring (bicyclic) bond motifs is 2. The molecule has 18 heteroatoms. The molecule has 0 bridgehead atoms. The lowest BCUT2D eigenvalue weighted by Crippen LogP contribution is -2.48. The van der Waals surface area contributed by atoms with E-state index in [0.717, 1.165) is 77.3 Å². The summed E-state index contributed by atoms with van der Waals surface area (Å²) in [5.41, 5.74) is 15.7. The smallest absolute Gasteiger partial charge is 0.292 e. The number of nitrogens with two attached hydrogens (primary N) is 2. The van der Waals surface area contributed by atoms with Gasteiger partial charge in [-0.2, -0.15) is 10.1 Å². The summed E-state index contributed by atoms with van der Waals surface area (Å²) in [4.78, 5) is 53.3. The zero-order valence-electron chi connectivity index (χ0n) is 29.0. The van der Waals surface area contributed by atoms with Gasteiger partial charge in [-0.3, -0.25) is 14.5 Å². The fourth-order valence-electron chi connectivity index (χ4n) is 6.47. The van der Waals surface area contributed by atoms with Crippen molar-refractivity contribution in [2.75, 3.05) is 95.0 Å². The number of carbonyl (C=O) groups excluding carboxylic acids is 2. The number of nitrogens with one attached hydrogen (secondary N) is 2. The van der Waals surface area contributed by atoms with Gasteiger partial charge in [0.1, 0.15) is 23.4 Å². The van der Waals surface area contributed by atoms with E-state index in [9.17, 15) is 9.59 Å². The normalized spacial score (nSPS) is 15.5. The maximum Gasteiger partial charge on any atom is 0.292 e. The van der Waals surface area contributed by atoms with Crippen LogP contribution in [0.25, 0.3) is 33.4 Å². The Morgan fingerprint density at radius 2 is 1.75 bits per heavy atom. The SMILES string of the molecule is Nc1nc2cc(-c3nn(CCCCNC(=O)c4cnc(N5CCN(CCOCCC(=O)N6CCNCC6)CC5)nc4)c4ncnc(N)c34)ccc2o1. The van der Waals surface area contributed by atoms with E-state index in [1.54, 1.807) is 18.5 Å². The van der Waals surface area contributed by atoms with Crippen LogP contribution in [-0.4, -0.2) is 135 Å². The molecule has 0 spiro atoms. The Morgan fingerprint density at radius 3 is 2.56 bits per heavy atom. The third-order valence-corrected chi connectivity index (χ3v) is 9.36. The van der Waals surface area contributed by atoms with Crippen LogP contribution >= 0.6 is 0 Å². The van der Waals surface area contributed by atoms with Gasteiger partial charge in [-0.15, -0.1) is 0 Å². The lowest BCUT2D eigenvalue weighted by molar-refractivity contribution is -0.132. The molecule has 2 aliphatic heterocycles. The average molecular weight is 713 g/mol. The maximum absolute atomic E-state index is 12.8. The zero-order chi connectivity index (χ0) is 35.9. The van der Waals surface area contributed by atoms with Crippen LogP contribution in [0.4, 0.5) is 17.8 Å². The first kappa shape index (κ1) is 35.0. The molecule has 2 fully saturated rings. The van der Waals surface area contributed by atoms with Crippen molar-refractivity contribution < 1.29 is 18.7 Å². The molecule has 7 rings (SSSR count). The highest BCUT2D eigenvalue weighted by atomic mass is 16.5. The number of aryl methyl sites for hydroxylation is 1. The molecule has 6 N–H and O–H groups in total. The van der Waals surface area contributed by atoms with Crippen molar-refractivity contribution in [3.8, 4) is 11.3 Å². The molecule has 274 valence electrons. The quantitative estimate of drug-likeness (QED) is 0.117. The summed E-state index contributed by atoms with van der Waals surface area (Å²) in [6.45, 7) is 9.45. The van der Waals surface area contributed by atoms with Gasteiger partial charge in [0.05, 0.1) is 30.6 Å². The standard InChI is InChI=1S/C34H44N14O4/c35-30-28-29(23-3-4-26-25(19-23)43-33(36)52-26)44-48(31(28)42-22-41-30)9-2-1-6-38-32(50)24-20-39-34(40-21-24)47-14-12-45(13-15-47)16-18-51-17-5-27(49)46-10-7-37-8-11-46/h3-4,19-22,37H,1-2,5-18H2,(H2,36,43)(H,38,50)(H2,35,41,42). The van der Waals surface area contributed by atoms with Crippen LogP contribution in [0, 0.1) is 0 Å². The number of hydrogen-bond donors (Lipinski definition) is 4. The molecule has 0 atom stereocenters. The Balaban J connectivity index is 0.821. The monoisotopic (exact) mass is 712 g/mol. The minimum absolute atomic E-state index is 0.0963. The molecule has 5 aromatic rings. The summed E-state index contributed by atoms with van der Waals surface area (Å²) in [6, 6.07) is 5.61. The second kappa shape index (κ2) is 16.3. The molecular weight excluding hydrogens is 668 g/mol. The van der Waals surface area contributed by atoms with Gasteiger partial charge in [-0.05, 0) is 31.0 Å². The summed E-state index contributed by atoms with van der Waals surface area (Å²) in [7, 11) is 0. The van der Waals surface area contributed by atoms with E-state index in [0.29, 0.717) is 77.9 Å². The van der Waals surface area contributed by atoms with Gasteiger partial charge in [-0.1, -0.05) is 0 Å². The summed E-state index contributed by atoms with van der Waals surface area (Å²) in [5.74, 6) is 0.891. The zero-order valence-corrected chi connectivity index (χ0v) is 29.0. The number of benzene rings is 1. The van der Waals surface area contributed by atoms with Crippen molar-refractivity contribution in [1.82, 2.24) is 55.1 Å². The first-order chi connectivity index (χ1) is 25.4. The van der Waals surface area contributed by atoms with Crippen LogP contribution < -0.4 is 27.0 Å². The number of hydrogen-bond acceptors (Lipinski definition) is 15. The van der Waals surface area contributed by atoms with Crippen LogP contribution in [0.2, 0.25) is 0 Å². The molecular formula is C34H44N14O4. The van der Waals surface area contributed by atoms with Crippen LogP contribution in [0.1, 0.15) is 29.6 Å². The number of anilines is 3. The summed E-state index contributed by atoms with van der Waals surface area (Å²) >= 11 is 0. The van der Waals surface area contributed by atoms with Gasteiger partial charge in [0, 0.05) is 89.9 Å². The topological polar surface area (TPSA) is 225 Å². The highest BCUT2D eigenvalue weighted by Gasteiger charge is 2.21. The molecule has 2 saturated heterocycles. The van der Waals surface area contributed by atoms with E-state index in [2.05, 4.69) is 45.4 Å². The van der Waals surface area contributed by atoms with Crippen molar-refractivity contribution >= 4 is 51.7 Å². The van der Waals surface area contributed by atoms with E-state index in [1.807, 2.05) is 21.7 Å². The number of unbranched alkanes of at least 4 members (excludes halogenated alkanes) is 1. The van der Waals surface area contributed by atoms with E-state index >= 15 is 0 Å². The molecule has 2 aliphatic rings. The summed E-state index contributed by atoms with van der Waals surface area (Å²) in [5, 5.41) is 11.7. The minimum atomic E-state index is -0.220. The fraction of sp³-hybridized carbons (Fsp3) is 0.471. The van der Waals surface area contributed by atoms with Crippen LogP contribution in [0.15, 0.2) is 41.3 Å². The van der Waals surface area contributed by atoms with Crippen molar-refractivity contribution in [2.45, 2.75) is 25.8 Å². The lowest BCUT2D eigenvalue weighted by atomic mass is 10.1. The molecule has 52 heavy (non-hydrogen) atoms. The number of piperazine rings is 2. The molecule has 1 aromatic carbocycles. The number of nitrogen functional groups attached to an aromatic ring is 2. The van der Waals surface area contributed by atoms with Gasteiger partial charge < -0.3 is 41.1 Å². The molecule has 2 amide bonds. The van der Waals surface area contributed by atoms with Crippen molar-refractivity contribution in [3.63, 3.8) is 0 Å². The van der Waals surface area contributed by atoms with E-state index in [1.165, 1.54) is 6.33 Å². The summed E-state index contributed by atoms with van der Waals surface area (Å²) in [6.07, 6.45) is 6.46. The fourth-order valence-corrected chi connectivity index (χ4v) is 6.47. The van der Waals surface area contributed by atoms with E-state index in [4.69, 9.17) is 25.7 Å². The number of oxazole rings is 1. The van der Waals surface area contributed by atoms with E-state index < -0.39 is 0 Å². The van der Waals surface area contributed by atoms with Crippen molar-refractivity contribution in [1.29, 1.82) is 0 Å². The van der Waals surface area contributed by atoms with Gasteiger partial charge in [0.15, 0.2) is 11.2 Å². The first-order valence-corrected chi connectivity index (χ1v) is 17.7. The molecule has 0 aliphatic carbocycles. The number of amides is 2. The summed E-state index contributed by atoms with van der Waals surface area (Å²) < 4.78 is 13.0. The third-order valence-electron chi connectivity index (χ3n) is 9.36. The molecule has 4 aromatic heterocycles. The molecule has 18 nitrogen and oxygen atoms in total. The predicted octanol–water partition coefficient (Wildman–Crippen LogP) is 0.760. The second-order valence-corrected chi connectivity index (χ2v) is 12.8. The molecule has 0 saturated carbocycles. The van der Waals surface area contributed by atoms with E-state index in [-0.39, 0.29) is 17.8 Å². The van der Waals surface area contributed by atoms with Crippen molar-refractivity contribution in [2.24, 2.45) is 0 Å². The highest BCUT2D eigenvalue weighted by molar-refractivity contribution is 5.99. The Labute approximate surface area is 299 Å². The minimum Gasteiger partial charge on any atom is -0.424 e. The Hall–Kier alpha value is -5.46. The number of nitrogens with zero attached hydrogens (tertiary/aromatic N) is 10. The highest BCUT2D eigenvalue weighted by Crippen LogP contribution is 2.32. The lowest BCUT2D eigenvalue weighted by Gasteiger charge is -2.34. The Bertz CT molecular complexity index is 1980. The average Bonchev–Trinajstić information content (AvgIpc) is 3.75. The first-order valence-electron chi connectivity index (χ1n) is 17.7. The number of rotatable bonds is 14. The Morgan fingerprint density at radius 1 is 0.942 bits per heavy atom. The number of carbonyl (C=O) groups is 2. The van der Waals surface area contributed by atoms with Crippen LogP contribution in [-0.2, 0) is 16.1 Å². The Kier molecular flexibility index (Phi) is 10.9. The van der Waals surface area contributed by atoms with Gasteiger partial charge in [0.2, 0.25) is 11.9 Å². The van der Waals surface area contributed by atoms with Crippen molar-refractivity contribution in [3.05, 3.63) is 42.5 Å². The number of aromatic nitrogens is 7. The predicted molar refractivity (Wildman–Crippen MR) is 194 cm³/mol. The third kappa shape index (κ3) is 8.19. The second-order valence-electron chi connectivity index (χ2n) is 12.8. The largest absolute Gasteiger partial charge is 0.424 e. The van der Waals surface area contributed by atoms with Crippen LogP contribution in [0.5, 0.6) is 0 Å². The van der Waals surface area contributed by atoms with Gasteiger partial charge in [0.25, 0.3) is 11.9 Å². The van der Waals surface area contributed by atoms with Gasteiger partial charge in [-0.25, -0.2) is 24.6 Å². The molecule has 0 unspecified atom stereocenters. The maximum atomic E-state index is 12.8. The molecule has 6 heterocycles. The van der Waals surface area contributed by atoms with Crippen LogP contribution in [0.3, 0.4) is 0 Å².